The molecule has 1 aliphatic heterocycles. The van der Waals surface area contributed by atoms with Crippen molar-refractivity contribution in [3.8, 4) is 0 Å². The molecule has 1 amide bonds. The molecular weight excluding hydrogens is 302 g/mol. The van der Waals surface area contributed by atoms with Crippen LogP contribution in [0.2, 0.25) is 0 Å². The maximum atomic E-state index is 12.7. The number of aromatic amines is 1. The summed E-state index contributed by atoms with van der Waals surface area (Å²) in [5.74, 6) is -0.190. The van der Waals surface area contributed by atoms with E-state index in [2.05, 4.69) is 35.9 Å². The fourth-order valence-electron chi connectivity index (χ4n) is 3.22. The highest BCUT2D eigenvalue weighted by molar-refractivity contribution is 5.93. The van der Waals surface area contributed by atoms with E-state index in [1.807, 2.05) is 18.2 Å². The molecule has 0 bridgehead atoms. The highest BCUT2D eigenvalue weighted by Crippen LogP contribution is 2.24. The lowest BCUT2D eigenvalue weighted by molar-refractivity contribution is 0.0137. The van der Waals surface area contributed by atoms with Crippen LogP contribution in [0.5, 0.6) is 0 Å². The second-order valence-electron chi connectivity index (χ2n) is 6.86. The number of benzene rings is 1. The molecule has 0 spiro atoms. The highest BCUT2D eigenvalue weighted by Gasteiger charge is 2.36. The smallest absolute Gasteiger partial charge is 0.260 e. The van der Waals surface area contributed by atoms with E-state index in [0.29, 0.717) is 13.1 Å². The lowest BCUT2D eigenvalue weighted by Crippen LogP contribution is -2.60. The van der Waals surface area contributed by atoms with Crippen LogP contribution < -0.4 is 5.56 Å². The van der Waals surface area contributed by atoms with E-state index in [-0.39, 0.29) is 22.6 Å². The van der Waals surface area contributed by atoms with Gasteiger partial charge in [0, 0.05) is 37.9 Å². The Labute approximate surface area is 141 Å². The number of carbonyl (C=O) groups is 1. The molecule has 2 aromatic rings. The van der Waals surface area contributed by atoms with Gasteiger partial charge in [-0.2, -0.15) is 0 Å². The first kappa shape index (κ1) is 16.5. The van der Waals surface area contributed by atoms with E-state index in [4.69, 9.17) is 0 Å². The minimum absolute atomic E-state index is 0.148. The fourth-order valence-corrected chi connectivity index (χ4v) is 3.22. The van der Waals surface area contributed by atoms with Gasteiger partial charge in [0.2, 0.25) is 0 Å². The third kappa shape index (κ3) is 3.41. The lowest BCUT2D eigenvalue weighted by Gasteiger charge is -2.47. The molecule has 1 aromatic heterocycles. The van der Waals surface area contributed by atoms with Gasteiger partial charge < -0.3 is 9.88 Å². The van der Waals surface area contributed by atoms with Crippen LogP contribution in [0.1, 0.15) is 29.8 Å². The standard InChI is InChI=1S/C19H23N3O2/c1-19(2)14-21(18(24)16-9-6-10-20-17(16)23)11-12-22(19)13-15-7-4-3-5-8-15/h3-10H,11-14H2,1-2H3,(H,20,23). The van der Waals surface area contributed by atoms with Crippen LogP contribution in [-0.4, -0.2) is 45.9 Å². The van der Waals surface area contributed by atoms with Crippen molar-refractivity contribution >= 4 is 5.91 Å². The van der Waals surface area contributed by atoms with Crippen molar-refractivity contribution in [1.29, 1.82) is 0 Å². The summed E-state index contributed by atoms with van der Waals surface area (Å²) in [5.41, 5.74) is 1.01. The maximum absolute atomic E-state index is 12.7. The Morgan fingerprint density at radius 2 is 1.88 bits per heavy atom. The van der Waals surface area contributed by atoms with Gasteiger partial charge in [-0.25, -0.2) is 0 Å². The Morgan fingerprint density at radius 3 is 2.54 bits per heavy atom. The number of nitrogens with one attached hydrogen (secondary N) is 1. The third-order valence-electron chi connectivity index (χ3n) is 4.63. The second-order valence-corrected chi connectivity index (χ2v) is 6.86. The Bertz CT molecular complexity index is 767. The minimum atomic E-state index is -0.327. The summed E-state index contributed by atoms with van der Waals surface area (Å²) in [6, 6.07) is 13.6. The van der Waals surface area contributed by atoms with Crippen LogP contribution in [0.25, 0.3) is 0 Å². The van der Waals surface area contributed by atoms with Crippen LogP contribution in [0, 0.1) is 0 Å². The van der Waals surface area contributed by atoms with E-state index >= 15 is 0 Å². The zero-order valence-corrected chi connectivity index (χ0v) is 14.2. The number of hydrogen-bond donors (Lipinski definition) is 1. The number of rotatable bonds is 3. The molecule has 0 atom stereocenters. The molecule has 1 aromatic carbocycles. The Kier molecular flexibility index (Phi) is 4.53. The Morgan fingerprint density at radius 1 is 1.12 bits per heavy atom. The number of hydrogen-bond acceptors (Lipinski definition) is 3. The molecule has 5 heteroatoms. The fraction of sp³-hybridized carbons (Fsp3) is 0.368. The van der Waals surface area contributed by atoms with Gasteiger partial charge in [0.1, 0.15) is 5.56 Å². The predicted octanol–water partition coefficient (Wildman–Crippen LogP) is 2.11. The van der Waals surface area contributed by atoms with Gasteiger partial charge in [-0.1, -0.05) is 30.3 Å². The van der Waals surface area contributed by atoms with E-state index in [0.717, 1.165) is 13.1 Å². The molecule has 0 saturated carbocycles. The highest BCUT2D eigenvalue weighted by atomic mass is 16.2. The number of carbonyl (C=O) groups excluding carboxylic acids is 1. The van der Waals surface area contributed by atoms with E-state index in [9.17, 15) is 9.59 Å². The first-order valence-corrected chi connectivity index (χ1v) is 8.23. The summed E-state index contributed by atoms with van der Waals surface area (Å²) >= 11 is 0. The van der Waals surface area contributed by atoms with Crippen LogP contribution in [0.15, 0.2) is 53.5 Å². The average molecular weight is 325 g/mol. The lowest BCUT2D eigenvalue weighted by atomic mass is 9.97. The first-order valence-electron chi connectivity index (χ1n) is 8.23. The zero-order chi connectivity index (χ0) is 17.2. The summed E-state index contributed by atoms with van der Waals surface area (Å²) in [4.78, 5) is 31.3. The van der Waals surface area contributed by atoms with Gasteiger partial charge in [0.15, 0.2) is 0 Å². The van der Waals surface area contributed by atoms with Gasteiger partial charge in [-0.15, -0.1) is 0 Å². The summed E-state index contributed by atoms with van der Waals surface area (Å²) in [5, 5.41) is 0. The average Bonchev–Trinajstić information content (AvgIpc) is 2.57. The number of aromatic nitrogens is 1. The summed E-state index contributed by atoms with van der Waals surface area (Å²) in [7, 11) is 0. The second kappa shape index (κ2) is 6.61. The topological polar surface area (TPSA) is 56.4 Å². The Balaban J connectivity index is 1.72. The SMILES string of the molecule is CC1(C)CN(C(=O)c2ccc[nH]c2=O)CCN1Cc1ccccc1. The number of pyridine rings is 1. The molecule has 2 heterocycles. The quantitative estimate of drug-likeness (QED) is 0.940. The van der Waals surface area contributed by atoms with Crippen LogP contribution >= 0.6 is 0 Å². The van der Waals surface area contributed by atoms with Crippen molar-refractivity contribution < 1.29 is 4.79 Å². The molecule has 0 aliphatic carbocycles. The van der Waals surface area contributed by atoms with Gasteiger partial charge in [0.25, 0.3) is 11.5 Å². The molecule has 24 heavy (non-hydrogen) atoms. The molecule has 5 nitrogen and oxygen atoms in total. The molecule has 1 saturated heterocycles. The van der Waals surface area contributed by atoms with Gasteiger partial charge >= 0.3 is 0 Å². The summed E-state index contributed by atoms with van der Waals surface area (Å²) in [6.07, 6.45) is 1.54. The van der Waals surface area contributed by atoms with Crippen molar-refractivity contribution in [3.05, 3.63) is 70.1 Å². The molecular formula is C19H23N3O2. The van der Waals surface area contributed by atoms with Gasteiger partial charge in [-0.3, -0.25) is 14.5 Å². The molecule has 3 rings (SSSR count). The first-order chi connectivity index (χ1) is 11.5. The molecule has 0 unspecified atom stereocenters. The van der Waals surface area contributed by atoms with E-state index < -0.39 is 0 Å². The van der Waals surface area contributed by atoms with Crippen molar-refractivity contribution in [3.63, 3.8) is 0 Å². The maximum Gasteiger partial charge on any atom is 0.260 e. The van der Waals surface area contributed by atoms with Crippen molar-refractivity contribution in [2.24, 2.45) is 0 Å². The molecule has 1 N–H and O–H groups in total. The van der Waals surface area contributed by atoms with E-state index in [1.54, 1.807) is 23.2 Å². The number of H-pyrrole nitrogens is 1. The van der Waals surface area contributed by atoms with Crippen molar-refractivity contribution in [1.82, 2.24) is 14.8 Å². The molecule has 1 aliphatic rings. The third-order valence-corrected chi connectivity index (χ3v) is 4.63. The van der Waals surface area contributed by atoms with Crippen LogP contribution in [-0.2, 0) is 6.54 Å². The largest absolute Gasteiger partial charge is 0.335 e. The summed E-state index contributed by atoms with van der Waals surface area (Å²) in [6.45, 7) is 7.17. The van der Waals surface area contributed by atoms with Crippen molar-refractivity contribution in [2.75, 3.05) is 19.6 Å². The minimum Gasteiger partial charge on any atom is -0.335 e. The van der Waals surface area contributed by atoms with E-state index in [1.165, 1.54) is 5.56 Å². The monoisotopic (exact) mass is 325 g/mol. The number of piperazine rings is 1. The number of nitrogens with zero attached hydrogens (tertiary/aromatic N) is 2. The molecule has 0 radical (unpaired) electrons. The van der Waals surface area contributed by atoms with Crippen molar-refractivity contribution in [2.45, 2.75) is 25.9 Å². The number of amides is 1. The summed E-state index contributed by atoms with van der Waals surface area (Å²) < 4.78 is 0. The normalized spacial score (nSPS) is 17.7. The van der Waals surface area contributed by atoms with Gasteiger partial charge in [-0.05, 0) is 31.5 Å². The molecule has 126 valence electrons. The molecule has 1 fully saturated rings. The van der Waals surface area contributed by atoms with Gasteiger partial charge in [0.05, 0.1) is 0 Å². The predicted molar refractivity (Wildman–Crippen MR) is 93.9 cm³/mol. The Hall–Kier alpha value is -2.40. The van der Waals surface area contributed by atoms with Crippen LogP contribution in [0.3, 0.4) is 0 Å². The zero-order valence-electron chi connectivity index (χ0n) is 14.2. The van der Waals surface area contributed by atoms with Crippen LogP contribution in [0.4, 0.5) is 0 Å².